The van der Waals surface area contributed by atoms with Crippen LogP contribution >= 0.6 is 11.8 Å². The van der Waals surface area contributed by atoms with Crippen LogP contribution in [0.2, 0.25) is 0 Å². The number of aryl methyl sites for hydroxylation is 1. The Balaban J connectivity index is 1.84. The third-order valence-electron chi connectivity index (χ3n) is 5.95. The second-order valence-electron chi connectivity index (χ2n) is 8.26. The molecule has 1 N–H and O–H groups in total. The van der Waals surface area contributed by atoms with Crippen molar-refractivity contribution in [2.24, 2.45) is 0 Å². The number of benzene rings is 2. The number of unbranched alkanes of at least 4 members (excludes halogenated alkanes) is 1. The zero-order chi connectivity index (χ0) is 25.2. The fraction of sp³-hybridized carbons (Fsp3) is 0.357. The van der Waals surface area contributed by atoms with Crippen molar-refractivity contribution in [3.05, 3.63) is 66.4 Å². The van der Waals surface area contributed by atoms with E-state index in [0.717, 1.165) is 41.2 Å². The Labute approximate surface area is 212 Å². The van der Waals surface area contributed by atoms with Crippen molar-refractivity contribution in [3.8, 4) is 22.7 Å². The highest BCUT2D eigenvalue weighted by Gasteiger charge is 2.21. The van der Waals surface area contributed by atoms with E-state index >= 15 is 0 Å². The molecule has 3 rings (SSSR count). The predicted molar refractivity (Wildman–Crippen MR) is 141 cm³/mol. The van der Waals surface area contributed by atoms with E-state index < -0.39 is 12.0 Å². The molecule has 35 heavy (non-hydrogen) atoms. The molecule has 0 saturated carbocycles. The summed E-state index contributed by atoms with van der Waals surface area (Å²) in [6.07, 6.45) is 5.23. The van der Waals surface area contributed by atoms with E-state index in [-0.39, 0.29) is 12.3 Å². The number of thioether (sulfide) groups is 1. The van der Waals surface area contributed by atoms with E-state index in [4.69, 9.17) is 9.47 Å². The van der Waals surface area contributed by atoms with E-state index in [1.54, 1.807) is 18.9 Å². The van der Waals surface area contributed by atoms with Gasteiger partial charge in [-0.25, -0.2) is 4.79 Å². The zero-order valence-corrected chi connectivity index (χ0v) is 21.7. The molecule has 3 aromatic rings. The van der Waals surface area contributed by atoms with Gasteiger partial charge in [0.2, 0.25) is 5.91 Å². The van der Waals surface area contributed by atoms with Gasteiger partial charge in [0.05, 0.1) is 19.9 Å². The minimum Gasteiger partial charge on any atom is -0.497 e. The number of hydrogen-bond donors (Lipinski definition) is 1. The van der Waals surface area contributed by atoms with Gasteiger partial charge in [0.25, 0.3) is 0 Å². The van der Waals surface area contributed by atoms with E-state index in [9.17, 15) is 9.59 Å². The predicted octanol–water partition coefficient (Wildman–Crippen LogP) is 5.66. The largest absolute Gasteiger partial charge is 0.497 e. The van der Waals surface area contributed by atoms with Crippen LogP contribution in [0.15, 0.2) is 65.6 Å². The second-order valence-corrected chi connectivity index (χ2v) is 9.14. The van der Waals surface area contributed by atoms with Crippen molar-refractivity contribution in [3.63, 3.8) is 0 Å². The summed E-state index contributed by atoms with van der Waals surface area (Å²) in [5.74, 6) is 0.245. The summed E-state index contributed by atoms with van der Waals surface area (Å²) in [6.45, 7) is 2.05. The third-order valence-corrected chi connectivity index (χ3v) is 6.70. The molecule has 0 fully saturated rings. The summed E-state index contributed by atoms with van der Waals surface area (Å²) in [6, 6.07) is 19.9. The highest BCUT2D eigenvalue weighted by Crippen LogP contribution is 2.29. The van der Waals surface area contributed by atoms with Crippen LogP contribution in [0.4, 0.5) is 0 Å². The van der Waals surface area contributed by atoms with Crippen molar-refractivity contribution in [2.75, 3.05) is 20.5 Å². The molecule has 0 spiro atoms. The average Bonchev–Trinajstić information content (AvgIpc) is 3.33. The highest BCUT2D eigenvalue weighted by atomic mass is 32.2. The summed E-state index contributed by atoms with van der Waals surface area (Å²) in [5, 5.41) is 2.86. The second kappa shape index (κ2) is 13.0. The maximum absolute atomic E-state index is 12.7. The Hall–Kier alpha value is -3.19. The van der Waals surface area contributed by atoms with E-state index in [1.807, 2.05) is 24.3 Å². The first kappa shape index (κ1) is 26.4. The smallest absolute Gasteiger partial charge is 0.328 e. The molecule has 1 aromatic heterocycles. The maximum atomic E-state index is 12.7. The van der Waals surface area contributed by atoms with Crippen LogP contribution in [0.25, 0.3) is 16.9 Å². The number of rotatable bonds is 12. The average molecular weight is 495 g/mol. The van der Waals surface area contributed by atoms with Gasteiger partial charge in [-0.1, -0.05) is 19.8 Å². The molecule has 0 aliphatic heterocycles. The maximum Gasteiger partial charge on any atom is 0.328 e. The van der Waals surface area contributed by atoms with Gasteiger partial charge < -0.3 is 19.4 Å². The van der Waals surface area contributed by atoms with Crippen molar-refractivity contribution >= 4 is 23.6 Å². The number of carbonyl (C=O) groups excluding carboxylic acids is 2. The fourth-order valence-corrected chi connectivity index (χ4v) is 4.41. The zero-order valence-electron chi connectivity index (χ0n) is 20.9. The van der Waals surface area contributed by atoms with Gasteiger partial charge in [-0.2, -0.15) is 0 Å². The summed E-state index contributed by atoms with van der Waals surface area (Å²) >= 11 is 1.70. The van der Waals surface area contributed by atoms with Crippen LogP contribution < -0.4 is 10.1 Å². The van der Waals surface area contributed by atoms with Gasteiger partial charge in [0.15, 0.2) is 0 Å². The van der Waals surface area contributed by atoms with Gasteiger partial charge in [-0.15, -0.1) is 11.8 Å². The number of carbonyl (C=O) groups is 2. The molecule has 0 aliphatic carbocycles. The molecule has 0 saturated heterocycles. The van der Waals surface area contributed by atoms with E-state index in [2.05, 4.69) is 59.5 Å². The molecular weight excluding hydrogens is 460 g/mol. The standard InChI is InChI=1S/C28H34N2O4S/c1-5-6-7-25(28(32)34-3)29-27(31)19-13-22-12-18-26(20-8-14-23(33-2)15-9-20)30(22)21-10-16-24(35-4)17-11-21/h8-12,14-18,25H,5-7,13,19H2,1-4H3,(H,29,31)/t25-/m1/s1. The van der Waals surface area contributed by atoms with Crippen molar-refractivity contribution in [2.45, 2.75) is 50.0 Å². The molecule has 0 aliphatic rings. The molecule has 0 unspecified atom stereocenters. The number of aromatic nitrogens is 1. The summed E-state index contributed by atoms with van der Waals surface area (Å²) < 4.78 is 12.4. The van der Waals surface area contributed by atoms with Crippen molar-refractivity contribution in [1.82, 2.24) is 9.88 Å². The minimum absolute atomic E-state index is 0.159. The van der Waals surface area contributed by atoms with Gasteiger partial charge in [-0.05, 0) is 85.3 Å². The quantitative estimate of drug-likeness (QED) is 0.260. The SMILES string of the molecule is CCCC[C@@H](NC(=O)CCc1ccc(-c2ccc(OC)cc2)n1-c1ccc(SC)cc1)C(=O)OC. The molecule has 1 atom stereocenters. The Bertz CT molecular complexity index is 1110. The molecule has 2 aromatic carbocycles. The van der Waals surface area contributed by atoms with Crippen LogP contribution in [0, 0.1) is 0 Å². The minimum atomic E-state index is -0.604. The van der Waals surface area contributed by atoms with Gasteiger partial charge in [-0.3, -0.25) is 4.79 Å². The van der Waals surface area contributed by atoms with Crippen LogP contribution in [0.1, 0.15) is 38.3 Å². The summed E-state index contributed by atoms with van der Waals surface area (Å²) in [7, 11) is 3.00. The molecule has 0 bridgehead atoms. The Morgan fingerprint density at radius 1 is 1.00 bits per heavy atom. The van der Waals surface area contributed by atoms with Crippen molar-refractivity contribution in [1.29, 1.82) is 0 Å². The van der Waals surface area contributed by atoms with Gasteiger partial charge in [0.1, 0.15) is 11.8 Å². The number of amides is 1. The first-order valence-corrected chi connectivity index (χ1v) is 13.1. The summed E-state index contributed by atoms with van der Waals surface area (Å²) in [4.78, 5) is 26.0. The lowest BCUT2D eigenvalue weighted by atomic mass is 10.1. The topological polar surface area (TPSA) is 69.6 Å². The molecule has 6 nitrogen and oxygen atoms in total. The molecule has 0 radical (unpaired) electrons. The monoisotopic (exact) mass is 494 g/mol. The van der Waals surface area contributed by atoms with Crippen molar-refractivity contribution < 1.29 is 19.1 Å². The van der Waals surface area contributed by atoms with Crippen LogP contribution in [0.5, 0.6) is 5.75 Å². The number of methoxy groups -OCH3 is 2. The molecule has 186 valence electrons. The molecular formula is C28H34N2O4S. The third kappa shape index (κ3) is 6.92. The fourth-order valence-electron chi connectivity index (χ4n) is 4.00. The number of esters is 1. The van der Waals surface area contributed by atoms with Gasteiger partial charge >= 0.3 is 5.97 Å². The van der Waals surface area contributed by atoms with Crippen LogP contribution in [-0.4, -0.2) is 43.0 Å². The molecule has 1 amide bonds. The number of nitrogens with zero attached hydrogens (tertiary/aromatic N) is 1. The van der Waals surface area contributed by atoms with Crippen LogP contribution in [-0.2, 0) is 20.7 Å². The van der Waals surface area contributed by atoms with Gasteiger partial charge in [0, 0.05) is 22.7 Å². The highest BCUT2D eigenvalue weighted by molar-refractivity contribution is 7.98. The number of hydrogen-bond acceptors (Lipinski definition) is 5. The lowest BCUT2D eigenvalue weighted by Gasteiger charge is -2.17. The lowest BCUT2D eigenvalue weighted by Crippen LogP contribution is -2.41. The Kier molecular flexibility index (Phi) is 9.85. The van der Waals surface area contributed by atoms with E-state index in [0.29, 0.717) is 12.8 Å². The number of nitrogens with one attached hydrogen (secondary N) is 1. The first-order chi connectivity index (χ1) is 17.0. The number of ether oxygens (including phenoxy) is 2. The Morgan fingerprint density at radius 2 is 1.71 bits per heavy atom. The van der Waals surface area contributed by atoms with E-state index in [1.165, 1.54) is 12.0 Å². The first-order valence-electron chi connectivity index (χ1n) is 11.9. The normalized spacial score (nSPS) is 11.7. The Morgan fingerprint density at radius 3 is 2.31 bits per heavy atom. The molecule has 1 heterocycles. The van der Waals surface area contributed by atoms with Crippen LogP contribution in [0.3, 0.4) is 0 Å². The lowest BCUT2D eigenvalue weighted by molar-refractivity contribution is -0.145. The molecule has 7 heteroatoms. The summed E-state index contributed by atoms with van der Waals surface area (Å²) in [5.41, 5.74) is 4.14.